The quantitative estimate of drug-likeness (QED) is 0.813. The number of hydrogen-bond acceptors (Lipinski definition) is 3. The molecule has 0 aliphatic heterocycles. The van der Waals surface area contributed by atoms with Crippen LogP contribution in [0.2, 0.25) is 0 Å². The average molecular weight is 234 g/mol. The molecule has 1 heterocycles. The minimum atomic E-state index is -0.646. The summed E-state index contributed by atoms with van der Waals surface area (Å²) in [6.07, 6.45) is 4.65. The van der Waals surface area contributed by atoms with E-state index in [9.17, 15) is 4.79 Å². The van der Waals surface area contributed by atoms with E-state index in [1.54, 1.807) is 6.20 Å². The first-order chi connectivity index (χ1) is 8.27. The summed E-state index contributed by atoms with van der Waals surface area (Å²) in [7, 11) is 0. The normalized spacial score (nSPS) is 23.8. The van der Waals surface area contributed by atoms with Crippen molar-refractivity contribution in [2.24, 2.45) is 11.8 Å². The van der Waals surface area contributed by atoms with Crippen LogP contribution >= 0.6 is 0 Å². The zero-order valence-electron chi connectivity index (χ0n) is 9.80. The Balaban J connectivity index is 1.77. The average Bonchev–Trinajstić information content (AvgIpc) is 2.79. The molecule has 1 aliphatic rings. The van der Waals surface area contributed by atoms with Crippen molar-refractivity contribution in [1.29, 1.82) is 0 Å². The lowest BCUT2D eigenvalue weighted by Crippen LogP contribution is -2.28. The van der Waals surface area contributed by atoms with Gasteiger partial charge < -0.3 is 10.4 Å². The van der Waals surface area contributed by atoms with Crippen LogP contribution in [0.25, 0.3) is 0 Å². The number of carbonyl (C=O) groups is 1. The van der Waals surface area contributed by atoms with Crippen molar-refractivity contribution < 1.29 is 9.90 Å². The van der Waals surface area contributed by atoms with Crippen molar-refractivity contribution >= 4 is 5.97 Å². The molecule has 0 saturated heterocycles. The van der Waals surface area contributed by atoms with Gasteiger partial charge in [0.05, 0.1) is 11.6 Å². The van der Waals surface area contributed by atoms with E-state index < -0.39 is 5.97 Å². The topological polar surface area (TPSA) is 62.2 Å². The molecule has 0 bridgehead atoms. The van der Waals surface area contributed by atoms with Crippen molar-refractivity contribution in [2.45, 2.75) is 25.8 Å². The van der Waals surface area contributed by atoms with Gasteiger partial charge in [-0.2, -0.15) is 0 Å². The second-order valence-corrected chi connectivity index (χ2v) is 4.59. The predicted octanol–water partition coefficient (Wildman–Crippen LogP) is 1.67. The molecule has 1 fully saturated rings. The van der Waals surface area contributed by atoms with Crippen LogP contribution in [-0.4, -0.2) is 22.6 Å². The van der Waals surface area contributed by atoms with Gasteiger partial charge in [0, 0.05) is 12.7 Å². The van der Waals surface area contributed by atoms with Gasteiger partial charge in [-0.1, -0.05) is 12.5 Å². The summed E-state index contributed by atoms with van der Waals surface area (Å²) in [5.41, 5.74) is 0.998. The van der Waals surface area contributed by atoms with Crippen LogP contribution in [0.4, 0.5) is 0 Å². The maximum absolute atomic E-state index is 11.0. The second-order valence-electron chi connectivity index (χ2n) is 4.59. The van der Waals surface area contributed by atoms with Crippen LogP contribution in [0.1, 0.15) is 25.0 Å². The fraction of sp³-hybridized carbons (Fsp3) is 0.538. The molecule has 92 valence electrons. The maximum Gasteiger partial charge on any atom is 0.306 e. The molecule has 0 radical (unpaired) electrons. The molecule has 0 spiro atoms. The number of pyridine rings is 1. The molecular weight excluding hydrogens is 216 g/mol. The minimum Gasteiger partial charge on any atom is -0.481 e. The lowest BCUT2D eigenvalue weighted by molar-refractivity contribution is -0.142. The summed E-state index contributed by atoms with van der Waals surface area (Å²) in [6, 6.07) is 5.82. The lowest BCUT2D eigenvalue weighted by atomic mass is 9.96. The van der Waals surface area contributed by atoms with Crippen molar-refractivity contribution in [3.05, 3.63) is 30.1 Å². The summed E-state index contributed by atoms with van der Waals surface area (Å²) in [4.78, 5) is 15.2. The second kappa shape index (κ2) is 5.77. The van der Waals surface area contributed by atoms with E-state index in [0.29, 0.717) is 6.54 Å². The monoisotopic (exact) mass is 234 g/mol. The van der Waals surface area contributed by atoms with Gasteiger partial charge >= 0.3 is 5.97 Å². The highest BCUT2D eigenvalue weighted by Crippen LogP contribution is 2.31. The fourth-order valence-corrected chi connectivity index (χ4v) is 2.49. The molecule has 2 N–H and O–H groups in total. The van der Waals surface area contributed by atoms with Crippen LogP contribution < -0.4 is 5.32 Å². The SMILES string of the molecule is O=C(O)C1CCCC1CNCc1ccccn1. The van der Waals surface area contributed by atoms with Crippen LogP contribution in [0.3, 0.4) is 0 Å². The van der Waals surface area contributed by atoms with Gasteiger partial charge in [0.2, 0.25) is 0 Å². The highest BCUT2D eigenvalue weighted by atomic mass is 16.4. The van der Waals surface area contributed by atoms with Crippen LogP contribution in [0.15, 0.2) is 24.4 Å². The van der Waals surface area contributed by atoms with E-state index in [1.807, 2.05) is 18.2 Å². The van der Waals surface area contributed by atoms with Gasteiger partial charge in [-0.25, -0.2) is 0 Å². The largest absolute Gasteiger partial charge is 0.481 e. The van der Waals surface area contributed by atoms with Gasteiger partial charge in [-0.05, 0) is 37.4 Å². The number of hydrogen-bond donors (Lipinski definition) is 2. The maximum atomic E-state index is 11.0. The van der Waals surface area contributed by atoms with E-state index >= 15 is 0 Å². The molecule has 1 aromatic rings. The number of nitrogens with zero attached hydrogens (tertiary/aromatic N) is 1. The first-order valence-corrected chi connectivity index (χ1v) is 6.11. The first kappa shape index (κ1) is 12.0. The fourth-order valence-electron chi connectivity index (χ4n) is 2.49. The zero-order valence-corrected chi connectivity index (χ0v) is 9.80. The molecule has 17 heavy (non-hydrogen) atoms. The summed E-state index contributed by atoms with van der Waals surface area (Å²) in [5, 5.41) is 12.4. The molecule has 1 aliphatic carbocycles. The van der Waals surface area contributed by atoms with E-state index in [1.165, 1.54) is 0 Å². The zero-order chi connectivity index (χ0) is 12.1. The van der Waals surface area contributed by atoms with E-state index in [4.69, 9.17) is 5.11 Å². The summed E-state index contributed by atoms with van der Waals surface area (Å²) in [5.74, 6) is -0.533. The van der Waals surface area contributed by atoms with Gasteiger partial charge in [0.25, 0.3) is 0 Å². The predicted molar refractivity (Wildman–Crippen MR) is 64.4 cm³/mol. The number of rotatable bonds is 5. The molecule has 2 unspecified atom stereocenters. The Kier molecular flexibility index (Phi) is 4.09. The third kappa shape index (κ3) is 3.27. The smallest absolute Gasteiger partial charge is 0.306 e. The Hall–Kier alpha value is -1.42. The third-order valence-corrected chi connectivity index (χ3v) is 3.42. The molecule has 4 nitrogen and oxygen atoms in total. The molecule has 1 saturated carbocycles. The molecule has 0 aromatic carbocycles. The molecule has 4 heteroatoms. The number of aliphatic carboxylic acids is 1. The van der Waals surface area contributed by atoms with Crippen molar-refractivity contribution in [3.63, 3.8) is 0 Å². The van der Waals surface area contributed by atoms with Crippen molar-refractivity contribution in [3.8, 4) is 0 Å². The van der Waals surface area contributed by atoms with Crippen LogP contribution in [-0.2, 0) is 11.3 Å². The van der Waals surface area contributed by atoms with E-state index in [0.717, 1.165) is 31.5 Å². The van der Waals surface area contributed by atoms with Gasteiger partial charge in [0.15, 0.2) is 0 Å². The Morgan fingerprint density at radius 3 is 3.06 bits per heavy atom. The molecule has 2 atom stereocenters. The lowest BCUT2D eigenvalue weighted by Gasteiger charge is -2.16. The van der Waals surface area contributed by atoms with Gasteiger partial charge in [-0.3, -0.25) is 9.78 Å². The molecule has 1 aromatic heterocycles. The molecular formula is C13H18N2O2. The summed E-state index contributed by atoms with van der Waals surface area (Å²) < 4.78 is 0. The van der Waals surface area contributed by atoms with Gasteiger partial charge in [0.1, 0.15) is 0 Å². The van der Waals surface area contributed by atoms with E-state index in [-0.39, 0.29) is 11.8 Å². The Labute approximate surface area is 101 Å². The van der Waals surface area contributed by atoms with Gasteiger partial charge in [-0.15, -0.1) is 0 Å². The van der Waals surface area contributed by atoms with E-state index in [2.05, 4.69) is 10.3 Å². The summed E-state index contributed by atoms with van der Waals surface area (Å²) in [6.45, 7) is 1.48. The number of carboxylic acid groups (broad SMARTS) is 1. The number of aromatic nitrogens is 1. The minimum absolute atomic E-state index is 0.161. The Bertz CT molecular complexity index is 367. The number of carboxylic acids is 1. The standard InChI is InChI=1S/C13H18N2O2/c16-13(17)12-6-3-4-10(12)8-14-9-11-5-1-2-7-15-11/h1-2,5,7,10,12,14H,3-4,6,8-9H2,(H,16,17). The van der Waals surface area contributed by atoms with Crippen LogP contribution in [0, 0.1) is 11.8 Å². The highest BCUT2D eigenvalue weighted by molar-refractivity contribution is 5.70. The summed E-state index contributed by atoms with van der Waals surface area (Å²) >= 11 is 0. The Morgan fingerprint density at radius 1 is 1.47 bits per heavy atom. The molecule has 2 rings (SSSR count). The molecule has 0 amide bonds. The third-order valence-electron chi connectivity index (χ3n) is 3.42. The van der Waals surface area contributed by atoms with Crippen LogP contribution in [0.5, 0.6) is 0 Å². The van der Waals surface area contributed by atoms with Crippen molar-refractivity contribution in [2.75, 3.05) is 6.54 Å². The van der Waals surface area contributed by atoms with Crippen molar-refractivity contribution in [1.82, 2.24) is 10.3 Å². The first-order valence-electron chi connectivity index (χ1n) is 6.11. The highest BCUT2D eigenvalue weighted by Gasteiger charge is 2.32. The number of nitrogens with one attached hydrogen (secondary N) is 1. The Morgan fingerprint density at radius 2 is 2.35 bits per heavy atom.